The standard InChI is InChI=1S/C17H27N3O3/c21-14(18-13-8-4-1-2-5-9-13)12-20-15(22)17(19-16(20)23)10-6-3-7-11-17/h13H,1-12H2,(H,18,21)(H,19,23). The fraction of sp³-hybridized carbons (Fsp3) is 0.824. The Bertz CT molecular complexity index is 477. The zero-order valence-corrected chi connectivity index (χ0v) is 13.7. The van der Waals surface area contributed by atoms with E-state index >= 15 is 0 Å². The molecule has 1 aliphatic heterocycles. The van der Waals surface area contributed by atoms with E-state index in [1.165, 1.54) is 12.8 Å². The van der Waals surface area contributed by atoms with Crippen LogP contribution in [0.5, 0.6) is 0 Å². The molecule has 0 bridgehead atoms. The van der Waals surface area contributed by atoms with Crippen molar-refractivity contribution in [1.29, 1.82) is 0 Å². The van der Waals surface area contributed by atoms with E-state index in [9.17, 15) is 14.4 Å². The fourth-order valence-corrected chi connectivity index (χ4v) is 4.15. The van der Waals surface area contributed by atoms with Crippen LogP contribution in [0.1, 0.15) is 70.6 Å². The molecule has 0 aromatic carbocycles. The molecule has 2 saturated carbocycles. The van der Waals surface area contributed by atoms with Crippen molar-refractivity contribution in [3.8, 4) is 0 Å². The molecular weight excluding hydrogens is 294 g/mol. The first-order valence-electron chi connectivity index (χ1n) is 9.04. The van der Waals surface area contributed by atoms with Crippen molar-refractivity contribution in [2.24, 2.45) is 0 Å². The van der Waals surface area contributed by atoms with E-state index in [1.807, 2.05) is 0 Å². The maximum atomic E-state index is 12.6. The van der Waals surface area contributed by atoms with Gasteiger partial charge in [0.2, 0.25) is 5.91 Å². The van der Waals surface area contributed by atoms with Gasteiger partial charge in [0.25, 0.3) is 5.91 Å². The van der Waals surface area contributed by atoms with E-state index in [0.29, 0.717) is 12.8 Å². The summed E-state index contributed by atoms with van der Waals surface area (Å²) in [6, 6.07) is -0.220. The molecule has 0 aromatic rings. The van der Waals surface area contributed by atoms with Gasteiger partial charge in [0.15, 0.2) is 0 Å². The van der Waals surface area contributed by atoms with Gasteiger partial charge >= 0.3 is 6.03 Å². The van der Waals surface area contributed by atoms with Gasteiger partial charge in [0.1, 0.15) is 12.1 Å². The Labute approximate surface area is 137 Å². The van der Waals surface area contributed by atoms with Crippen LogP contribution >= 0.6 is 0 Å². The Kier molecular flexibility index (Phi) is 4.87. The third-order valence-corrected chi connectivity index (χ3v) is 5.48. The third-order valence-electron chi connectivity index (χ3n) is 5.48. The van der Waals surface area contributed by atoms with Crippen molar-refractivity contribution >= 4 is 17.8 Å². The maximum Gasteiger partial charge on any atom is 0.325 e. The Morgan fingerprint density at radius 1 is 1.04 bits per heavy atom. The van der Waals surface area contributed by atoms with Crippen molar-refractivity contribution in [2.75, 3.05) is 6.54 Å². The number of nitrogens with one attached hydrogen (secondary N) is 2. The molecule has 2 N–H and O–H groups in total. The van der Waals surface area contributed by atoms with Crippen LogP contribution in [0.15, 0.2) is 0 Å². The molecule has 4 amide bonds. The highest BCUT2D eigenvalue weighted by Gasteiger charge is 2.51. The largest absolute Gasteiger partial charge is 0.352 e. The molecule has 3 aliphatic rings. The molecular formula is C17H27N3O3. The SMILES string of the molecule is O=C(CN1C(=O)NC2(CCCCC2)C1=O)NC1CCCCCC1. The lowest BCUT2D eigenvalue weighted by Crippen LogP contribution is -2.49. The molecule has 0 unspecified atom stereocenters. The normalized spacial score (nSPS) is 25.3. The minimum Gasteiger partial charge on any atom is -0.352 e. The molecule has 1 spiro atoms. The van der Waals surface area contributed by atoms with Crippen LogP contribution in [-0.4, -0.2) is 40.9 Å². The summed E-state index contributed by atoms with van der Waals surface area (Å²) >= 11 is 0. The smallest absolute Gasteiger partial charge is 0.325 e. The summed E-state index contributed by atoms with van der Waals surface area (Å²) in [5, 5.41) is 5.85. The highest BCUT2D eigenvalue weighted by atomic mass is 16.2. The number of hydrogen-bond donors (Lipinski definition) is 2. The van der Waals surface area contributed by atoms with E-state index in [-0.39, 0.29) is 24.4 Å². The van der Waals surface area contributed by atoms with E-state index in [1.54, 1.807) is 0 Å². The number of urea groups is 1. The van der Waals surface area contributed by atoms with Gasteiger partial charge in [-0.2, -0.15) is 0 Å². The molecule has 0 atom stereocenters. The molecule has 2 aliphatic carbocycles. The van der Waals surface area contributed by atoms with Crippen molar-refractivity contribution in [2.45, 2.75) is 82.2 Å². The van der Waals surface area contributed by atoms with Crippen molar-refractivity contribution in [3.63, 3.8) is 0 Å². The Morgan fingerprint density at radius 2 is 1.65 bits per heavy atom. The van der Waals surface area contributed by atoms with Gasteiger partial charge in [0, 0.05) is 6.04 Å². The summed E-state index contributed by atoms with van der Waals surface area (Å²) < 4.78 is 0. The second-order valence-electron chi connectivity index (χ2n) is 7.22. The van der Waals surface area contributed by atoms with Gasteiger partial charge in [-0.1, -0.05) is 44.9 Å². The second-order valence-corrected chi connectivity index (χ2v) is 7.22. The average Bonchev–Trinajstić information content (AvgIpc) is 2.74. The monoisotopic (exact) mass is 321 g/mol. The number of imide groups is 1. The van der Waals surface area contributed by atoms with Gasteiger partial charge in [-0.15, -0.1) is 0 Å². The van der Waals surface area contributed by atoms with Crippen LogP contribution in [0.2, 0.25) is 0 Å². The fourth-order valence-electron chi connectivity index (χ4n) is 4.15. The predicted octanol–water partition coefficient (Wildman–Crippen LogP) is 2.08. The number of hydrogen-bond acceptors (Lipinski definition) is 3. The molecule has 1 saturated heterocycles. The van der Waals surface area contributed by atoms with Crippen LogP contribution < -0.4 is 10.6 Å². The van der Waals surface area contributed by atoms with Crippen LogP contribution in [0, 0.1) is 0 Å². The topological polar surface area (TPSA) is 78.5 Å². The van der Waals surface area contributed by atoms with Crippen molar-refractivity contribution in [1.82, 2.24) is 15.5 Å². The number of carbonyl (C=O) groups excluding carboxylic acids is 3. The van der Waals surface area contributed by atoms with Gasteiger partial charge in [-0.05, 0) is 25.7 Å². The van der Waals surface area contributed by atoms with Crippen LogP contribution in [0.25, 0.3) is 0 Å². The van der Waals surface area contributed by atoms with Crippen LogP contribution in [-0.2, 0) is 9.59 Å². The van der Waals surface area contributed by atoms with Gasteiger partial charge in [-0.3, -0.25) is 14.5 Å². The van der Waals surface area contributed by atoms with Crippen LogP contribution in [0.4, 0.5) is 4.79 Å². The minimum atomic E-state index is -0.738. The number of amides is 4. The lowest BCUT2D eigenvalue weighted by atomic mass is 9.82. The second kappa shape index (κ2) is 6.89. The third kappa shape index (κ3) is 3.51. The molecule has 0 aromatic heterocycles. The van der Waals surface area contributed by atoms with Gasteiger partial charge in [-0.25, -0.2) is 4.79 Å². The molecule has 0 radical (unpaired) electrons. The summed E-state index contributed by atoms with van der Waals surface area (Å²) in [7, 11) is 0. The molecule has 6 heteroatoms. The maximum absolute atomic E-state index is 12.6. The summed E-state index contributed by atoms with van der Waals surface area (Å²) in [6.45, 7) is -0.150. The summed E-state index contributed by atoms with van der Waals surface area (Å²) in [5.74, 6) is -0.425. The summed E-state index contributed by atoms with van der Waals surface area (Å²) in [6.07, 6.45) is 11.1. The lowest BCUT2D eigenvalue weighted by Gasteiger charge is -2.30. The molecule has 3 rings (SSSR count). The summed E-state index contributed by atoms with van der Waals surface area (Å²) in [4.78, 5) is 38.2. The molecule has 128 valence electrons. The predicted molar refractivity (Wildman–Crippen MR) is 85.7 cm³/mol. The molecule has 23 heavy (non-hydrogen) atoms. The van der Waals surface area contributed by atoms with Gasteiger partial charge in [0.05, 0.1) is 0 Å². The lowest BCUT2D eigenvalue weighted by molar-refractivity contribution is -0.136. The van der Waals surface area contributed by atoms with E-state index in [0.717, 1.165) is 49.8 Å². The first-order chi connectivity index (χ1) is 11.1. The van der Waals surface area contributed by atoms with Crippen LogP contribution in [0.3, 0.4) is 0 Å². The number of nitrogens with zero attached hydrogens (tertiary/aromatic N) is 1. The zero-order chi connectivity index (χ0) is 16.3. The van der Waals surface area contributed by atoms with Crippen molar-refractivity contribution < 1.29 is 14.4 Å². The van der Waals surface area contributed by atoms with Crippen molar-refractivity contribution in [3.05, 3.63) is 0 Å². The Morgan fingerprint density at radius 3 is 2.30 bits per heavy atom. The first-order valence-corrected chi connectivity index (χ1v) is 9.04. The van der Waals surface area contributed by atoms with E-state index in [2.05, 4.69) is 10.6 Å². The molecule has 6 nitrogen and oxygen atoms in total. The first kappa shape index (κ1) is 16.3. The van der Waals surface area contributed by atoms with E-state index < -0.39 is 11.6 Å². The quantitative estimate of drug-likeness (QED) is 0.617. The Balaban J connectivity index is 1.57. The molecule has 1 heterocycles. The molecule has 3 fully saturated rings. The number of rotatable bonds is 3. The van der Waals surface area contributed by atoms with Gasteiger partial charge < -0.3 is 10.6 Å². The number of carbonyl (C=O) groups is 3. The summed E-state index contributed by atoms with van der Waals surface area (Å²) in [5.41, 5.74) is -0.738. The average molecular weight is 321 g/mol. The Hall–Kier alpha value is -1.59. The van der Waals surface area contributed by atoms with E-state index in [4.69, 9.17) is 0 Å². The highest BCUT2D eigenvalue weighted by molar-refractivity contribution is 6.09. The highest BCUT2D eigenvalue weighted by Crippen LogP contribution is 2.33. The minimum absolute atomic E-state index is 0.150. The zero-order valence-electron chi connectivity index (χ0n) is 13.7.